The average Bonchev–Trinajstić information content (AvgIpc) is 2.78. The quantitative estimate of drug-likeness (QED) is 0.730. The van der Waals surface area contributed by atoms with Crippen LogP contribution in [0.2, 0.25) is 0 Å². The second kappa shape index (κ2) is 5.64. The third kappa shape index (κ3) is 3.76. The Kier molecular flexibility index (Phi) is 4.74. The van der Waals surface area contributed by atoms with Crippen molar-refractivity contribution < 1.29 is 9.90 Å². The highest BCUT2D eigenvalue weighted by Crippen LogP contribution is 2.10. The van der Waals surface area contributed by atoms with Gasteiger partial charge in [0.05, 0.1) is 11.6 Å². The van der Waals surface area contributed by atoms with E-state index in [9.17, 15) is 9.90 Å². The Morgan fingerprint density at radius 3 is 2.56 bits per heavy atom. The number of hydrogen-bond donors (Lipinski definition) is 2. The number of carbonyl (C=O) groups is 1. The predicted molar refractivity (Wildman–Crippen MR) is 64.2 cm³/mol. The summed E-state index contributed by atoms with van der Waals surface area (Å²) in [4.78, 5) is 13.8. The van der Waals surface area contributed by atoms with Gasteiger partial charge in [0.1, 0.15) is 0 Å². The molecule has 0 saturated carbocycles. The fourth-order valence-electron chi connectivity index (χ4n) is 1.80. The van der Waals surface area contributed by atoms with E-state index in [0.717, 1.165) is 25.9 Å². The van der Waals surface area contributed by atoms with Crippen LogP contribution < -0.4 is 5.32 Å². The summed E-state index contributed by atoms with van der Waals surface area (Å²) >= 11 is 0. The number of nitrogens with zero attached hydrogens (tertiary/aromatic N) is 1. The van der Waals surface area contributed by atoms with Crippen molar-refractivity contribution in [2.24, 2.45) is 0 Å². The Labute approximate surface area is 98.0 Å². The van der Waals surface area contributed by atoms with E-state index in [1.807, 2.05) is 18.7 Å². The molecule has 1 rings (SSSR count). The van der Waals surface area contributed by atoms with E-state index in [1.165, 1.54) is 0 Å². The third-order valence-electron chi connectivity index (χ3n) is 3.34. The van der Waals surface area contributed by atoms with E-state index in [0.29, 0.717) is 13.0 Å². The van der Waals surface area contributed by atoms with Crippen LogP contribution in [-0.2, 0) is 4.79 Å². The van der Waals surface area contributed by atoms with Crippen molar-refractivity contribution in [1.82, 2.24) is 10.2 Å². The van der Waals surface area contributed by atoms with Gasteiger partial charge in [-0.1, -0.05) is 6.92 Å². The van der Waals surface area contributed by atoms with Gasteiger partial charge in [0.2, 0.25) is 5.91 Å². The van der Waals surface area contributed by atoms with Crippen molar-refractivity contribution in [1.29, 1.82) is 0 Å². The van der Waals surface area contributed by atoms with Crippen molar-refractivity contribution in [3.8, 4) is 0 Å². The molecule has 0 aromatic carbocycles. The number of likely N-dealkylation sites (tertiary alicyclic amines) is 1. The van der Waals surface area contributed by atoms with Gasteiger partial charge in [0, 0.05) is 19.6 Å². The SMILES string of the molecule is CCC(C)(O)CNC(C)C(=O)N1CCCC1. The first-order chi connectivity index (χ1) is 7.46. The van der Waals surface area contributed by atoms with E-state index in [4.69, 9.17) is 0 Å². The largest absolute Gasteiger partial charge is 0.389 e. The zero-order chi connectivity index (χ0) is 12.2. The minimum absolute atomic E-state index is 0.157. The molecule has 0 radical (unpaired) electrons. The van der Waals surface area contributed by atoms with Crippen LogP contribution in [0.3, 0.4) is 0 Å². The van der Waals surface area contributed by atoms with Gasteiger partial charge < -0.3 is 15.3 Å². The first-order valence-electron chi connectivity index (χ1n) is 6.21. The molecule has 2 unspecified atom stereocenters. The molecule has 2 N–H and O–H groups in total. The third-order valence-corrected chi connectivity index (χ3v) is 3.34. The molecule has 1 fully saturated rings. The Morgan fingerprint density at radius 2 is 2.06 bits per heavy atom. The van der Waals surface area contributed by atoms with Gasteiger partial charge in [-0.05, 0) is 33.1 Å². The molecule has 1 amide bonds. The maximum absolute atomic E-state index is 11.9. The first-order valence-corrected chi connectivity index (χ1v) is 6.21. The fraction of sp³-hybridized carbons (Fsp3) is 0.917. The molecule has 16 heavy (non-hydrogen) atoms. The van der Waals surface area contributed by atoms with E-state index >= 15 is 0 Å². The number of hydrogen-bond acceptors (Lipinski definition) is 3. The van der Waals surface area contributed by atoms with Gasteiger partial charge in [0.15, 0.2) is 0 Å². The van der Waals surface area contributed by atoms with E-state index < -0.39 is 5.60 Å². The molecule has 2 atom stereocenters. The number of carbonyl (C=O) groups excluding carboxylic acids is 1. The summed E-state index contributed by atoms with van der Waals surface area (Å²) < 4.78 is 0. The van der Waals surface area contributed by atoms with E-state index in [-0.39, 0.29) is 11.9 Å². The highest BCUT2D eigenvalue weighted by molar-refractivity contribution is 5.81. The maximum atomic E-state index is 11.9. The maximum Gasteiger partial charge on any atom is 0.239 e. The zero-order valence-corrected chi connectivity index (χ0v) is 10.6. The minimum Gasteiger partial charge on any atom is -0.389 e. The lowest BCUT2D eigenvalue weighted by molar-refractivity contribution is -0.132. The van der Waals surface area contributed by atoms with Crippen molar-refractivity contribution in [3.63, 3.8) is 0 Å². The van der Waals surface area contributed by atoms with Gasteiger partial charge in [0.25, 0.3) is 0 Å². The number of aliphatic hydroxyl groups is 1. The summed E-state index contributed by atoms with van der Waals surface area (Å²) in [5.74, 6) is 0.157. The molecule has 0 aliphatic carbocycles. The van der Waals surface area contributed by atoms with Crippen LogP contribution in [0, 0.1) is 0 Å². The number of nitrogens with one attached hydrogen (secondary N) is 1. The van der Waals surface area contributed by atoms with Crippen LogP contribution in [-0.4, -0.2) is 47.2 Å². The highest BCUT2D eigenvalue weighted by atomic mass is 16.3. The van der Waals surface area contributed by atoms with Crippen molar-refractivity contribution >= 4 is 5.91 Å². The topological polar surface area (TPSA) is 52.6 Å². The Hall–Kier alpha value is -0.610. The highest BCUT2D eigenvalue weighted by Gasteiger charge is 2.25. The van der Waals surface area contributed by atoms with Crippen LogP contribution in [0.15, 0.2) is 0 Å². The minimum atomic E-state index is -0.723. The molecule has 0 aromatic heterocycles. The lowest BCUT2D eigenvalue weighted by Crippen LogP contribution is -2.48. The molecule has 1 heterocycles. The fourth-order valence-corrected chi connectivity index (χ4v) is 1.80. The molecule has 94 valence electrons. The number of rotatable bonds is 5. The van der Waals surface area contributed by atoms with Crippen molar-refractivity contribution in [2.75, 3.05) is 19.6 Å². The first kappa shape index (κ1) is 13.5. The van der Waals surface area contributed by atoms with Gasteiger partial charge in [-0.25, -0.2) is 0 Å². The smallest absolute Gasteiger partial charge is 0.239 e. The van der Waals surface area contributed by atoms with Gasteiger partial charge >= 0.3 is 0 Å². The summed E-state index contributed by atoms with van der Waals surface area (Å²) in [7, 11) is 0. The predicted octanol–water partition coefficient (Wildman–Crippen LogP) is 0.748. The average molecular weight is 228 g/mol. The molecule has 1 aliphatic heterocycles. The number of amides is 1. The lowest BCUT2D eigenvalue weighted by atomic mass is 10.0. The summed E-state index contributed by atoms with van der Waals surface area (Å²) in [6.07, 6.45) is 2.92. The van der Waals surface area contributed by atoms with Gasteiger partial charge in [-0.15, -0.1) is 0 Å². The molecule has 4 heteroatoms. The Balaban J connectivity index is 2.34. The molecule has 0 aromatic rings. The molecule has 1 aliphatic rings. The van der Waals surface area contributed by atoms with Crippen LogP contribution >= 0.6 is 0 Å². The summed E-state index contributed by atoms with van der Waals surface area (Å²) in [6.45, 7) is 7.82. The monoisotopic (exact) mass is 228 g/mol. The zero-order valence-electron chi connectivity index (χ0n) is 10.6. The van der Waals surface area contributed by atoms with Crippen LogP contribution in [0.4, 0.5) is 0 Å². The Bertz CT molecular complexity index is 235. The second-order valence-corrected chi connectivity index (χ2v) is 4.99. The van der Waals surface area contributed by atoms with Crippen LogP contribution in [0.1, 0.15) is 40.0 Å². The lowest BCUT2D eigenvalue weighted by Gasteiger charge is -2.26. The van der Waals surface area contributed by atoms with Crippen molar-refractivity contribution in [3.05, 3.63) is 0 Å². The normalized spacial score (nSPS) is 21.9. The van der Waals surface area contributed by atoms with Gasteiger partial charge in [-0.2, -0.15) is 0 Å². The molecule has 1 saturated heterocycles. The molecular weight excluding hydrogens is 204 g/mol. The van der Waals surface area contributed by atoms with Crippen LogP contribution in [0.25, 0.3) is 0 Å². The molecule has 0 bridgehead atoms. The molecule has 0 spiro atoms. The van der Waals surface area contributed by atoms with Crippen LogP contribution in [0.5, 0.6) is 0 Å². The summed E-state index contributed by atoms with van der Waals surface area (Å²) in [6, 6.07) is -0.198. The van der Waals surface area contributed by atoms with Crippen molar-refractivity contribution in [2.45, 2.75) is 51.7 Å². The summed E-state index contributed by atoms with van der Waals surface area (Å²) in [5.41, 5.74) is -0.723. The second-order valence-electron chi connectivity index (χ2n) is 4.99. The Morgan fingerprint density at radius 1 is 1.50 bits per heavy atom. The standard InChI is InChI=1S/C12H24N2O2/c1-4-12(3,16)9-13-10(2)11(15)14-7-5-6-8-14/h10,13,16H,4-9H2,1-3H3. The van der Waals surface area contributed by atoms with E-state index in [1.54, 1.807) is 6.92 Å². The van der Waals surface area contributed by atoms with Gasteiger partial charge in [-0.3, -0.25) is 4.79 Å². The summed E-state index contributed by atoms with van der Waals surface area (Å²) in [5, 5.41) is 12.9. The van der Waals surface area contributed by atoms with E-state index in [2.05, 4.69) is 5.32 Å². The molecular formula is C12H24N2O2. The molecule has 4 nitrogen and oxygen atoms in total.